The summed E-state index contributed by atoms with van der Waals surface area (Å²) in [7, 11) is 0. The van der Waals surface area contributed by atoms with Crippen LogP contribution in [0.3, 0.4) is 0 Å². The number of Topliss-reactive ketones (excluding diaryl/α,β-unsaturated/α-hetero) is 1. The standard InChI is InChI=1S/C16H16O6/c1-8(17)9-5-6-11-13(14(9)19)10(7-12(18)21-11)15(20)22-16(2,3)4/h5-7,19H,1-4H3. The molecule has 0 bridgehead atoms. The molecule has 0 atom stereocenters. The van der Waals surface area contributed by atoms with Crippen molar-refractivity contribution >= 4 is 22.7 Å². The Balaban J connectivity index is 2.77. The van der Waals surface area contributed by atoms with Crippen LogP contribution in [0, 0.1) is 0 Å². The number of ether oxygens (including phenoxy) is 1. The molecular weight excluding hydrogens is 288 g/mol. The summed E-state index contributed by atoms with van der Waals surface area (Å²) in [6.45, 7) is 6.32. The summed E-state index contributed by atoms with van der Waals surface area (Å²) in [6, 6.07) is 3.64. The van der Waals surface area contributed by atoms with E-state index < -0.39 is 22.9 Å². The van der Waals surface area contributed by atoms with Gasteiger partial charge in [0.05, 0.1) is 16.5 Å². The van der Waals surface area contributed by atoms with Crippen LogP contribution in [0.15, 0.2) is 27.4 Å². The number of ketones is 1. The van der Waals surface area contributed by atoms with Gasteiger partial charge in [-0.05, 0) is 39.8 Å². The minimum atomic E-state index is -0.776. The molecule has 2 aromatic rings. The number of carbonyl (C=O) groups is 2. The predicted molar refractivity (Wildman–Crippen MR) is 79.3 cm³/mol. The zero-order valence-corrected chi connectivity index (χ0v) is 12.7. The van der Waals surface area contributed by atoms with Crippen molar-refractivity contribution in [3.63, 3.8) is 0 Å². The number of fused-ring (bicyclic) bond motifs is 1. The van der Waals surface area contributed by atoms with Gasteiger partial charge in [-0.3, -0.25) is 4.79 Å². The first-order valence-corrected chi connectivity index (χ1v) is 6.64. The van der Waals surface area contributed by atoms with Crippen molar-refractivity contribution < 1.29 is 23.8 Å². The van der Waals surface area contributed by atoms with E-state index in [1.54, 1.807) is 20.8 Å². The van der Waals surface area contributed by atoms with Crippen LogP contribution < -0.4 is 5.63 Å². The Labute approximate surface area is 126 Å². The molecule has 2 rings (SSSR count). The molecule has 0 saturated carbocycles. The van der Waals surface area contributed by atoms with E-state index in [9.17, 15) is 19.5 Å². The smallest absolute Gasteiger partial charge is 0.339 e. The Morgan fingerprint density at radius 1 is 1.18 bits per heavy atom. The Morgan fingerprint density at radius 2 is 1.82 bits per heavy atom. The van der Waals surface area contributed by atoms with Crippen molar-refractivity contribution in [1.82, 2.24) is 0 Å². The summed E-state index contributed by atoms with van der Waals surface area (Å²) in [5.41, 5.74) is -1.61. The summed E-state index contributed by atoms with van der Waals surface area (Å²) in [4.78, 5) is 35.4. The zero-order valence-electron chi connectivity index (χ0n) is 12.7. The Morgan fingerprint density at radius 3 is 2.36 bits per heavy atom. The number of aromatic hydroxyl groups is 1. The van der Waals surface area contributed by atoms with E-state index in [4.69, 9.17) is 9.15 Å². The van der Waals surface area contributed by atoms with Crippen molar-refractivity contribution in [3.05, 3.63) is 39.7 Å². The molecule has 1 aromatic carbocycles. The highest BCUT2D eigenvalue weighted by molar-refractivity contribution is 6.09. The first kappa shape index (κ1) is 15.8. The normalized spacial score (nSPS) is 11.5. The number of phenols is 1. The summed E-state index contributed by atoms with van der Waals surface area (Å²) in [5, 5.41) is 10.2. The Kier molecular flexibility index (Phi) is 3.79. The maximum atomic E-state index is 12.3. The lowest BCUT2D eigenvalue weighted by atomic mass is 10.0. The average Bonchev–Trinajstić information content (AvgIpc) is 2.35. The summed E-state index contributed by atoms with van der Waals surface area (Å²) in [6.07, 6.45) is 0. The monoisotopic (exact) mass is 304 g/mol. The molecule has 0 aliphatic carbocycles. The second kappa shape index (κ2) is 5.29. The first-order valence-electron chi connectivity index (χ1n) is 6.64. The van der Waals surface area contributed by atoms with Crippen LogP contribution in [-0.4, -0.2) is 22.5 Å². The van der Waals surface area contributed by atoms with Crippen LogP contribution in [0.1, 0.15) is 48.4 Å². The summed E-state index contributed by atoms with van der Waals surface area (Å²) < 4.78 is 10.2. The topological polar surface area (TPSA) is 93.8 Å². The maximum absolute atomic E-state index is 12.3. The fourth-order valence-electron chi connectivity index (χ4n) is 2.02. The molecule has 0 amide bonds. The fourth-order valence-corrected chi connectivity index (χ4v) is 2.02. The zero-order chi connectivity index (χ0) is 16.7. The highest BCUT2D eigenvalue weighted by Crippen LogP contribution is 2.32. The van der Waals surface area contributed by atoms with Gasteiger partial charge in [0, 0.05) is 6.07 Å². The molecule has 0 unspecified atom stereocenters. The van der Waals surface area contributed by atoms with E-state index in [0.717, 1.165) is 6.07 Å². The molecule has 116 valence electrons. The van der Waals surface area contributed by atoms with Crippen LogP contribution in [0.25, 0.3) is 11.0 Å². The van der Waals surface area contributed by atoms with Crippen LogP contribution in [0.2, 0.25) is 0 Å². The van der Waals surface area contributed by atoms with Gasteiger partial charge in [-0.15, -0.1) is 0 Å². The van der Waals surface area contributed by atoms with Crippen molar-refractivity contribution in [3.8, 4) is 5.75 Å². The van der Waals surface area contributed by atoms with Crippen molar-refractivity contribution in [2.45, 2.75) is 33.3 Å². The molecule has 1 heterocycles. The number of phenolic OH excluding ortho intramolecular Hbond substituents is 1. The van der Waals surface area contributed by atoms with E-state index in [0.29, 0.717) is 0 Å². The molecule has 0 saturated heterocycles. The van der Waals surface area contributed by atoms with Crippen molar-refractivity contribution in [2.75, 3.05) is 0 Å². The van der Waals surface area contributed by atoms with Gasteiger partial charge in [0.2, 0.25) is 0 Å². The van der Waals surface area contributed by atoms with Gasteiger partial charge in [-0.25, -0.2) is 9.59 Å². The first-order chi connectivity index (χ1) is 10.1. The lowest BCUT2D eigenvalue weighted by molar-refractivity contribution is 0.00707. The molecule has 0 aliphatic heterocycles. The van der Waals surface area contributed by atoms with Crippen LogP contribution in [0.5, 0.6) is 5.75 Å². The van der Waals surface area contributed by atoms with Crippen molar-refractivity contribution in [1.29, 1.82) is 0 Å². The minimum Gasteiger partial charge on any atom is -0.506 e. The molecule has 0 fully saturated rings. The number of benzene rings is 1. The van der Waals surface area contributed by atoms with E-state index >= 15 is 0 Å². The summed E-state index contributed by atoms with van der Waals surface area (Å²) >= 11 is 0. The van der Waals surface area contributed by atoms with Gasteiger partial charge >= 0.3 is 11.6 Å². The van der Waals surface area contributed by atoms with Gasteiger partial charge in [0.15, 0.2) is 5.78 Å². The SMILES string of the molecule is CC(=O)c1ccc2oc(=O)cc(C(=O)OC(C)(C)C)c2c1O. The number of esters is 1. The van der Waals surface area contributed by atoms with E-state index in [2.05, 4.69) is 0 Å². The lowest BCUT2D eigenvalue weighted by Crippen LogP contribution is -2.24. The third-order valence-corrected chi connectivity index (χ3v) is 2.88. The number of hydrogen-bond acceptors (Lipinski definition) is 6. The quantitative estimate of drug-likeness (QED) is 0.521. The van der Waals surface area contributed by atoms with E-state index in [1.165, 1.54) is 19.1 Å². The van der Waals surface area contributed by atoms with Crippen LogP contribution in [0.4, 0.5) is 0 Å². The number of hydrogen-bond donors (Lipinski definition) is 1. The van der Waals surface area contributed by atoms with E-state index in [1.807, 2.05) is 0 Å². The number of carbonyl (C=O) groups excluding carboxylic acids is 2. The third-order valence-electron chi connectivity index (χ3n) is 2.88. The van der Waals surface area contributed by atoms with Gasteiger partial charge in [-0.1, -0.05) is 0 Å². The predicted octanol–water partition coefficient (Wildman–Crippen LogP) is 2.66. The maximum Gasteiger partial charge on any atom is 0.339 e. The molecule has 22 heavy (non-hydrogen) atoms. The van der Waals surface area contributed by atoms with Gasteiger partial charge < -0.3 is 14.3 Å². The Bertz CT molecular complexity index is 823. The van der Waals surface area contributed by atoms with Gasteiger partial charge in [0.25, 0.3) is 0 Å². The molecule has 1 N–H and O–H groups in total. The summed E-state index contributed by atoms with van der Waals surface area (Å²) in [5.74, 6) is -1.56. The van der Waals surface area contributed by atoms with Crippen LogP contribution >= 0.6 is 0 Å². The van der Waals surface area contributed by atoms with Gasteiger partial charge in [0.1, 0.15) is 16.9 Å². The highest BCUT2D eigenvalue weighted by atomic mass is 16.6. The molecule has 6 heteroatoms. The Hall–Kier alpha value is -2.63. The largest absolute Gasteiger partial charge is 0.506 e. The van der Waals surface area contributed by atoms with Crippen LogP contribution in [-0.2, 0) is 4.74 Å². The number of rotatable bonds is 2. The fraction of sp³-hybridized carbons (Fsp3) is 0.312. The lowest BCUT2D eigenvalue weighted by Gasteiger charge is -2.20. The molecule has 6 nitrogen and oxygen atoms in total. The molecule has 1 aromatic heterocycles. The molecule has 0 radical (unpaired) electrons. The molecule has 0 aliphatic rings. The minimum absolute atomic E-state index is 0.0101. The molecular formula is C16H16O6. The average molecular weight is 304 g/mol. The van der Waals surface area contributed by atoms with Crippen molar-refractivity contribution in [2.24, 2.45) is 0 Å². The second-order valence-corrected chi connectivity index (χ2v) is 5.87. The van der Waals surface area contributed by atoms with Gasteiger partial charge in [-0.2, -0.15) is 0 Å². The second-order valence-electron chi connectivity index (χ2n) is 5.87. The third kappa shape index (κ3) is 3.00. The molecule has 0 spiro atoms. The van der Waals surface area contributed by atoms with E-state index in [-0.39, 0.29) is 27.9 Å². The highest BCUT2D eigenvalue weighted by Gasteiger charge is 2.24.